The standard InChI is InChI=1S/C12H7N3O2S/c13-6-8-3-4-9(7-15-8)18-11-10(12(16)17)2-1-5-14-11/h1-5,7H,(H,16,17). The van der Waals surface area contributed by atoms with Crippen molar-refractivity contribution in [2.24, 2.45) is 0 Å². The lowest BCUT2D eigenvalue weighted by atomic mass is 10.3. The molecule has 5 nitrogen and oxygen atoms in total. The predicted molar refractivity (Wildman–Crippen MR) is 64.3 cm³/mol. The van der Waals surface area contributed by atoms with Crippen molar-refractivity contribution in [1.29, 1.82) is 5.26 Å². The maximum atomic E-state index is 11.0. The molecule has 6 heteroatoms. The zero-order valence-electron chi connectivity index (χ0n) is 9.07. The van der Waals surface area contributed by atoms with Gasteiger partial charge in [0.05, 0.1) is 5.56 Å². The fourth-order valence-electron chi connectivity index (χ4n) is 1.25. The summed E-state index contributed by atoms with van der Waals surface area (Å²) in [6, 6.07) is 8.27. The Morgan fingerprint density at radius 2 is 2.17 bits per heavy atom. The Kier molecular flexibility index (Phi) is 3.55. The summed E-state index contributed by atoms with van der Waals surface area (Å²) < 4.78 is 0. The molecule has 2 rings (SSSR count). The van der Waals surface area contributed by atoms with Gasteiger partial charge in [0.25, 0.3) is 0 Å². The predicted octanol–water partition coefficient (Wildman–Crippen LogP) is 2.20. The monoisotopic (exact) mass is 257 g/mol. The molecule has 2 heterocycles. The maximum absolute atomic E-state index is 11.0. The van der Waals surface area contributed by atoms with Crippen LogP contribution in [0, 0.1) is 11.3 Å². The molecule has 2 aromatic rings. The second kappa shape index (κ2) is 5.29. The lowest BCUT2D eigenvalue weighted by Crippen LogP contribution is -2.00. The van der Waals surface area contributed by atoms with Gasteiger partial charge in [-0.05, 0) is 24.3 Å². The van der Waals surface area contributed by atoms with Gasteiger partial charge in [0, 0.05) is 17.3 Å². The van der Waals surface area contributed by atoms with Gasteiger partial charge in [-0.15, -0.1) is 0 Å². The van der Waals surface area contributed by atoms with Crippen molar-refractivity contribution >= 4 is 17.7 Å². The molecule has 0 bridgehead atoms. The normalized spacial score (nSPS) is 9.72. The molecule has 0 amide bonds. The molecule has 0 atom stereocenters. The number of nitriles is 1. The van der Waals surface area contributed by atoms with Gasteiger partial charge in [-0.2, -0.15) is 5.26 Å². The lowest BCUT2D eigenvalue weighted by Gasteiger charge is -2.03. The number of aromatic nitrogens is 2. The van der Waals surface area contributed by atoms with Gasteiger partial charge in [0.2, 0.25) is 0 Å². The minimum Gasteiger partial charge on any atom is -0.478 e. The van der Waals surface area contributed by atoms with E-state index in [-0.39, 0.29) is 5.56 Å². The van der Waals surface area contributed by atoms with Crippen LogP contribution < -0.4 is 0 Å². The van der Waals surface area contributed by atoms with Crippen LogP contribution in [0.15, 0.2) is 46.6 Å². The Bertz CT molecular complexity index is 620. The highest BCUT2D eigenvalue weighted by atomic mass is 32.2. The Morgan fingerprint density at radius 1 is 1.33 bits per heavy atom. The summed E-state index contributed by atoms with van der Waals surface area (Å²) in [5.41, 5.74) is 0.464. The third-order valence-electron chi connectivity index (χ3n) is 2.07. The van der Waals surface area contributed by atoms with Gasteiger partial charge >= 0.3 is 5.97 Å². The van der Waals surface area contributed by atoms with Crippen molar-refractivity contribution in [3.8, 4) is 6.07 Å². The summed E-state index contributed by atoms with van der Waals surface area (Å²) in [6.07, 6.45) is 3.05. The first-order chi connectivity index (χ1) is 8.70. The van der Waals surface area contributed by atoms with Crippen molar-refractivity contribution in [2.45, 2.75) is 9.92 Å². The van der Waals surface area contributed by atoms with Crippen LogP contribution >= 0.6 is 11.8 Å². The summed E-state index contributed by atoms with van der Waals surface area (Å²) in [5, 5.41) is 18.0. The number of carboxylic acids is 1. The van der Waals surface area contributed by atoms with E-state index in [0.29, 0.717) is 10.7 Å². The summed E-state index contributed by atoms with van der Waals surface area (Å²) in [5.74, 6) is -1.02. The van der Waals surface area contributed by atoms with Crippen LogP contribution in [-0.2, 0) is 0 Å². The van der Waals surface area contributed by atoms with Crippen molar-refractivity contribution in [2.75, 3.05) is 0 Å². The highest BCUT2D eigenvalue weighted by molar-refractivity contribution is 7.99. The molecule has 0 aliphatic rings. The zero-order chi connectivity index (χ0) is 13.0. The Hall–Kier alpha value is -2.39. The van der Waals surface area contributed by atoms with Gasteiger partial charge in [-0.25, -0.2) is 14.8 Å². The van der Waals surface area contributed by atoms with Crippen molar-refractivity contribution in [3.63, 3.8) is 0 Å². The molecule has 18 heavy (non-hydrogen) atoms. The van der Waals surface area contributed by atoms with Crippen LogP contribution in [0.3, 0.4) is 0 Å². The Labute approximate surface area is 107 Å². The van der Waals surface area contributed by atoms with E-state index in [1.54, 1.807) is 18.2 Å². The summed E-state index contributed by atoms with van der Waals surface area (Å²) in [4.78, 5) is 19.7. The minimum absolute atomic E-state index is 0.145. The zero-order valence-corrected chi connectivity index (χ0v) is 9.89. The summed E-state index contributed by atoms with van der Waals surface area (Å²) >= 11 is 1.20. The average molecular weight is 257 g/mol. The molecule has 0 spiro atoms. The number of carboxylic acid groups (broad SMARTS) is 1. The van der Waals surface area contributed by atoms with Crippen LogP contribution in [0.4, 0.5) is 0 Å². The molecule has 0 radical (unpaired) electrons. The summed E-state index contributed by atoms with van der Waals surface area (Å²) in [7, 11) is 0. The largest absolute Gasteiger partial charge is 0.478 e. The third-order valence-corrected chi connectivity index (χ3v) is 3.06. The van der Waals surface area contributed by atoms with E-state index in [4.69, 9.17) is 10.4 Å². The molecule has 2 aromatic heterocycles. The van der Waals surface area contributed by atoms with E-state index < -0.39 is 5.97 Å². The van der Waals surface area contributed by atoms with Gasteiger partial charge in [0.1, 0.15) is 16.8 Å². The van der Waals surface area contributed by atoms with E-state index in [1.165, 1.54) is 30.2 Å². The second-order valence-corrected chi connectivity index (χ2v) is 4.32. The van der Waals surface area contributed by atoms with Crippen molar-refractivity contribution in [1.82, 2.24) is 9.97 Å². The van der Waals surface area contributed by atoms with Crippen LogP contribution in [0.25, 0.3) is 0 Å². The molecule has 0 aliphatic heterocycles. The first-order valence-electron chi connectivity index (χ1n) is 4.93. The van der Waals surface area contributed by atoms with Crippen molar-refractivity contribution in [3.05, 3.63) is 47.9 Å². The van der Waals surface area contributed by atoms with Crippen molar-refractivity contribution < 1.29 is 9.90 Å². The molecule has 0 aromatic carbocycles. The average Bonchev–Trinajstić information content (AvgIpc) is 2.40. The molecule has 88 valence electrons. The molecule has 0 fully saturated rings. The molecular formula is C12H7N3O2S. The van der Waals surface area contributed by atoms with Crippen LogP contribution in [0.5, 0.6) is 0 Å². The fourth-order valence-corrected chi connectivity index (χ4v) is 2.10. The fraction of sp³-hybridized carbons (Fsp3) is 0. The number of pyridine rings is 2. The number of rotatable bonds is 3. The van der Waals surface area contributed by atoms with Crippen LogP contribution in [0.1, 0.15) is 16.1 Å². The lowest BCUT2D eigenvalue weighted by molar-refractivity contribution is 0.0692. The maximum Gasteiger partial charge on any atom is 0.338 e. The highest BCUT2D eigenvalue weighted by Gasteiger charge is 2.11. The van der Waals surface area contributed by atoms with Gasteiger partial charge in [-0.3, -0.25) is 0 Å². The van der Waals surface area contributed by atoms with Gasteiger partial charge < -0.3 is 5.11 Å². The molecule has 0 unspecified atom stereocenters. The summed E-state index contributed by atoms with van der Waals surface area (Å²) in [6.45, 7) is 0. The van der Waals surface area contributed by atoms with Crippen LogP contribution in [0.2, 0.25) is 0 Å². The smallest absolute Gasteiger partial charge is 0.338 e. The first kappa shape index (κ1) is 12.1. The molecular weight excluding hydrogens is 250 g/mol. The second-order valence-electron chi connectivity index (χ2n) is 3.25. The van der Waals surface area contributed by atoms with E-state index in [2.05, 4.69) is 9.97 Å². The SMILES string of the molecule is N#Cc1ccc(Sc2ncccc2C(=O)O)cn1. The highest BCUT2D eigenvalue weighted by Crippen LogP contribution is 2.27. The number of aromatic carboxylic acids is 1. The Morgan fingerprint density at radius 3 is 2.78 bits per heavy atom. The molecule has 0 saturated heterocycles. The topological polar surface area (TPSA) is 86.9 Å². The number of hydrogen-bond acceptors (Lipinski definition) is 5. The Balaban J connectivity index is 2.28. The van der Waals surface area contributed by atoms with Gasteiger partial charge in [0.15, 0.2) is 0 Å². The van der Waals surface area contributed by atoms with Gasteiger partial charge in [-0.1, -0.05) is 11.8 Å². The third kappa shape index (κ3) is 2.64. The number of nitrogens with zero attached hydrogens (tertiary/aromatic N) is 3. The molecule has 0 aliphatic carbocycles. The molecule has 1 N–H and O–H groups in total. The quantitative estimate of drug-likeness (QED) is 0.906. The number of carbonyl (C=O) groups is 1. The van der Waals surface area contributed by atoms with E-state index >= 15 is 0 Å². The first-order valence-corrected chi connectivity index (χ1v) is 5.74. The molecule has 0 saturated carbocycles. The van der Waals surface area contributed by atoms with Crippen LogP contribution in [-0.4, -0.2) is 21.0 Å². The minimum atomic E-state index is -1.02. The number of hydrogen-bond donors (Lipinski definition) is 1. The van der Waals surface area contributed by atoms with E-state index in [0.717, 1.165) is 4.90 Å². The van der Waals surface area contributed by atoms with E-state index in [1.807, 2.05) is 6.07 Å². The van der Waals surface area contributed by atoms with E-state index in [9.17, 15) is 4.79 Å².